The molecule has 0 aliphatic carbocycles. The highest BCUT2D eigenvalue weighted by Gasteiger charge is 2.17. The normalized spacial score (nSPS) is 14.0. The summed E-state index contributed by atoms with van der Waals surface area (Å²) in [5.74, 6) is 0.863. The average molecular weight is 371 g/mol. The lowest BCUT2D eigenvalue weighted by Gasteiger charge is -2.21. The van der Waals surface area contributed by atoms with Crippen LogP contribution in [0.15, 0.2) is 53.0 Å². The van der Waals surface area contributed by atoms with Crippen LogP contribution < -0.4 is 5.73 Å². The molecule has 1 nitrogen and oxygen atoms in total. The first-order chi connectivity index (χ1) is 9.58. The number of hydrogen-bond acceptors (Lipinski definition) is 2. The van der Waals surface area contributed by atoms with Crippen LogP contribution in [-0.4, -0.2) is 6.04 Å². The van der Waals surface area contributed by atoms with Crippen LogP contribution in [0.2, 0.25) is 5.02 Å². The maximum atomic E-state index is 6.20. The van der Waals surface area contributed by atoms with Crippen LogP contribution in [0.25, 0.3) is 0 Å². The van der Waals surface area contributed by atoms with Gasteiger partial charge in [0.15, 0.2) is 0 Å². The molecule has 0 radical (unpaired) electrons. The van der Waals surface area contributed by atoms with E-state index in [4.69, 9.17) is 17.3 Å². The summed E-state index contributed by atoms with van der Waals surface area (Å²) in [6, 6.07) is 16.4. The molecule has 4 heteroatoms. The minimum atomic E-state index is 0.0867. The van der Waals surface area contributed by atoms with Gasteiger partial charge in [0.2, 0.25) is 0 Å². The average Bonchev–Trinajstić information content (AvgIpc) is 2.42. The Morgan fingerprint density at radius 2 is 1.80 bits per heavy atom. The lowest BCUT2D eigenvalue weighted by Crippen LogP contribution is -2.22. The van der Waals surface area contributed by atoms with Crippen LogP contribution >= 0.6 is 39.3 Å². The Bertz CT molecular complexity index is 557. The van der Waals surface area contributed by atoms with Gasteiger partial charge in [0.05, 0.1) is 0 Å². The summed E-state index contributed by atoms with van der Waals surface area (Å²) in [7, 11) is 0. The number of nitrogens with two attached hydrogens (primary N) is 1. The molecule has 0 aliphatic heterocycles. The highest BCUT2D eigenvalue weighted by molar-refractivity contribution is 9.10. The molecule has 20 heavy (non-hydrogen) atoms. The predicted octanol–water partition coefficient (Wildman–Crippen LogP) is 5.42. The topological polar surface area (TPSA) is 26.0 Å². The molecule has 2 aromatic rings. The Morgan fingerprint density at radius 3 is 2.40 bits per heavy atom. The predicted molar refractivity (Wildman–Crippen MR) is 93.3 cm³/mol. The summed E-state index contributed by atoms with van der Waals surface area (Å²) in [6.07, 6.45) is 0. The molecule has 0 aliphatic rings. The molecular formula is C16H17BrClNS. The molecule has 0 saturated heterocycles. The quantitative estimate of drug-likeness (QED) is 0.760. The highest BCUT2D eigenvalue weighted by atomic mass is 79.9. The van der Waals surface area contributed by atoms with Crippen LogP contribution in [0, 0.1) is 0 Å². The van der Waals surface area contributed by atoms with E-state index in [0.29, 0.717) is 0 Å². The Labute approximate surface area is 138 Å². The smallest absolute Gasteiger partial charge is 0.0449 e. The molecule has 2 aromatic carbocycles. The van der Waals surface area contributed by atoms with Crippen molar-refractivity contribution in [2.45, 2.75) is 24.0 Å². The van der Waals surface area contributed by atoms with E-state index in [1.54, 1.807) is 0 Å². The lowest BCUT2D eigenvalue weighted by atomic mass is 10.1. The third-order valence-corrected chi connectivity index (χ3v) is 5.49. The molecule has 2 unspecified atom stereocenters. The number of benzene rings is 2. The van der Waals surface area contributed by atoms with Gasteiger partial charge in [-0.25, -0.2) is 0 Å². The van der Waals surface area contributed by atoms with Crippen LogP contribution in [0.4, 0.5) is 0 Å². The zero-order valence-corrected chi connectivity index (χ0v) is 14.4. The van der Waals surface area contributed by atoms with E-state index >= 15 is 0 Å². The molecule has 2 N–H and O–H groups in total. The van der Waals surface area contributed by atoms with Crippen molar-refractivity contribution in [1.82, 2.24) is 0 Å². The first-order valence-corrected chi connectivity index (χ1v) is 8.66. The maximum absolute atomic E-state index is 6.20. The van der Waals surface area contributed by atoms with Gasteiger partial charge in [0.1, 0.15) is 0 Å². The van der Waals surface area contributed by atoms with Gasteiger partial charge in [0, 0.05) is 26.5 Å². The third-order valence-electron chi connectivity index (χ3n) is 3.05. The van der Waals surface area contributed by atoms with Gasteiger partial charge < -0.3 is 5.73 Å². The fourth-order valence-electron chi connectivity index (χ4n) is 2.00. The van der Waals surface area contributed by atoms with E-state index in [2.05, 4.69) is 46.3 Å². The van der Waals surface area contributed by atoms with E-state index in [9.17, 15) is 0 Å². The van der Waals surface area contributed by atoms with Gasteiger partial charge in [-0.1, -0.05) is 57.9 Å². The monoisotopic (exact) mass is 369 g/mol. The molecule has 106 valence electrons. The lowest BCUT2D eigenvalue weighted by molar-refractivity contribution is 0.721. The summed E-state index contributed by atoms with van der Waals surface area (Å²) in [4.78, 5) is 0. The van der Waals surface area contributed by atoms with E-state index < -0.39 is 0 Å². The van der Waals surface area contributed by atoms with Crippen molar-refractivity contribution in [1.29, 1.82) is 0 Å². The molecule has 0 aromatic heterocycles. The second-order valence-corrected chi connectivity index (χ2v) is 7.19. The van der Waals surface area contributed by atoms with Gasteiger partial charge in [-0.05, 0) is 36.2 Å². The number of rotatable bonds is 5. The Hall–Kier alpha value is -0.480. The summed E-state index contributed by atoms with van der Waals surface area (Å²) < 4.78 is 1.08. The molecule has 2 atom stereocenters. The fraction of sp³-hybridized carbons (Fsp3) is 0.250. The minimum Gasteiger partial charge on any atom is -0.327 e. The number of halogens is 2. The highest BCUT2D eigenvalue weighted by Crippen LogP contribution is 2.35. The van der Waals surface area contributed by atoms with E-state index in [1.807, 2.05) is 36.9 Å². The molecule has 0 fully saturated rings. The standard InChI is InChI=1S/C16H17BrClNS/c1-11(19)16(12-6-8-14(17)9-7-12)20-10-13-4-2-3-5-15(13)18/h2-9,11,16H,10,19H2,1H3. The van der Waals surface area contributed by atoms with Crippen molar-refractivity contribution in [3.05, 3.63) is 69.2 Å². The van der Waals surface area contributed by atoms with Crippen molar-refractivity contribution in [2.75, 3.05) is 0 Å². The molecule has 0 amide bonds. The van der Waals surface area contributed by atoms with Gasteiger partial charge >= 0.3 is 0 Å². The zero-order valence-electron chi connectivity index (χ0n) is 11.2. The summed E-state index contributed by atoms with van der Waals surface area (Å²) >= 11 is 11.5. The van der Waals surface area contributed by atoms with Crippen molar-refractivity contribution >= 4 is 39.3 Å². The van der Waals surface area contributed by atoms with Gasteiger partial charge in [0.25, 0.3) is 0 Å². The second kappa shape index (κ2) is 7.51. The molecule has 0 heterocycles. The number of thioether (sulfide) groups is 1. The Balaban J connectivity index is 2.11. The molecule has 0 saturated carbocycles. The van der Waals surface area contributed by atoms with Crippen LogP contribution in [0.5, 0.6) is 0 Å². The second-order valence-electron chi connectivity index (χ2n) is 4.73. The van der Waals surface area contributed by atoms with Crippen molar-refractivity contribution < 1.29 is 0 Å². The summed E-state index contributed by atoms with van der Waals surface area (Å²) in [5, 5.41) is 1.08. The van der Waals surface area contributed by atoms with Crippen molar-refractivity contribution in [2.24, 2.45) is 5.73 Å². The molecule has 0 spiro atoms. The van der Waals surface area contributed by atoms with Gasteiger partial charge in [-0.2, -0.15) is 0 Å². The summed E-state index contributed by atoms with van der Waals surface area (Å²) in [5.41, 5.74) is 8.55. The van der Waals surface area contributed by atoms with Crippen molar-refractivity contribution in [3.8, 4) is 0 Å². The minimum absolute atomic E-state index is 0.0867. The molecular weight excluding hydrogens is 354 g/mol. The first-order valence-electron chi connectivity index (χ1n) is 6.44. The first kappa shape index (κ1) is 15.9. The SMILES string of the molecule is CC(N)C(SCc1ccccc1Cl)c1ccc(Br)cc1. The molecule has 2 rings (SSSR count). The van der Waals surface area contributed by atoms with Crippen LogP contribution in [-0.2, 0) is 5.75 Å². The Kier molecular flexibility index (Phi) is 5.97. The Morgan fingerprint density at radius 1 is 1.15 bits per heavy atom. The maximum Gasteiger partial charge on any atom is 0.0449 e. The largest absolute Gasteiger partial charge is 0.327 e. The van der Waals surface area contributed by atoms with Crippen LogP contribution in [0.1, 0.15) is 23.3 Å². The number of hydrogen-bond donors (Lipinski definition) is 1. The summed E-state index contributed by atoms with van der Waals surface area (Å²) in [6.45, 7) is 2.05. The van der Waals surface area contributed by atoms with Gasteiger partial charge in [-0.15, -0.1) is 11.8 Å². The van der Waals surface area contributed by atoms with Crippen LogP contribution in [0.3, 0.4) is 0 Å². The fourth-order valence-corrected chi connectivity index (χ4v) is 3.81. The van der Waals surface area contributed by atoms with E-state index in [0.717, 1.165) is 20.8 Å². The van der Waals surface area contributed by atoms with E-state index in [-0.39, 0.29) is 11.3 Å². The molecule has 0 bridgehead atoms. The zero-order chi connectivity index (χ0) is 14.5. The third kappa shape index (κ3) is 4.26. The van der Waals surface area contributed by atoms with E-state index in [1.165, 1.54) is 5.56 Å². The van der Waals surface area contributed by atoms with Gasteiger partial charge in [-0.3, -0.25) is 0 Å². The van der Waals surface area contributed by atoms with Crippen molar-refractivity contribution in [3.63, 3.8) is 0 Å².